The first-order valence-electron chi connectivity index (χ1n) is 6.04. The van der Waals surface area contributed by atoms with Gasteiger partial charge in [0.1, 0.15) is 0 Å². The summed E-state index contributed by atoms with van der Waals surface area (Å²) in [5, 5.41) is 9.49. The van der Waals surface area contributed by atoms with Gasteiger partial charge in [-0.05, 0) is 26.0 Å². The molecule has 5 nitrogen and oxygen atoms in total. The highest BCUT2D eigenvalue weighted by molar-refractivity contribution is 7.11. The van der Waals surface area contributed by atoms with E-state index in [2.05, 4.69) is 45.0 Å². The average Bonchev–Trinajstić information content (AvgIpc) is 2.74. The van der Waals surface area contributed by atoms with Gasteiger partial charge in [-0.1, -0.05) is 0 Å². The molecule has 1 unspecified atom stereocenters. The summed E-state index contributed by atoms with van der Waals surface area (Å²) < 4.78 is 0. The lowest BCUT2D eigenvalue weighted by molar-refractivity contribution is 0.585. The summed E-state index contributed by atoms with van der Waals surface area (Å²) in [5.41, 5.74) is 0. The molecular formula is C12H19N5S. The molecule has 0 bridgehead atoms. The maximum absolute atomic E-state index is 4.52. The third kappa shape index (κ3) is 3.46. The van der Waals surface area contributed by atoms with Crippen molar-refractivity contribution in [2.45, 2.75) is 26.4 Å². The first-order valence-corrected chi connectivity index (χ1v) is 6.85. The van der Waals surface area contributed by atoms with Crippen molar-refractivity contribution in [1.82, 2.24) is 16.0 Å². The molecule has 0 aliphatic carbocycles. The molecule has 0 aromatic carbocycles. The van der Waals surface area contributed by atoms with Crippen molar-refractivity contribution in [3.63, 3.8) is 0 Å². The molecule has 6 heteroatoms. The second-order valence-corrected chi connectivity index (χ2v) is 5.57. The van der Waals surface area contributed by atoms with Crippen LogP contribution in [0.1, 0.15) is 16.7 Å². The number of aryl methyl sites for hydroxylation is 1. The van der Waals surface area contributed by atoms with Crippen LogP contribution >= 0.6 is 11.3 Å². The molecule has 3 N–H and O–H groups in total. The minimum atomic E-state index is 0.146. The fourth-order valence-corrected chi connectivity index (χ4v) is 2.61. The first-order chi connectivity index (χ1) is 8.67. The summed E-state index contributed by atoms with van der Waals surface area (Å²) in [6.45, 7) is 4.94. The number of guanidine groups is 2. The third-order valence-electron chi connectivity index (χ3n) is 2.59. The minimum Gasteiger partial charge on any atom is -0.336 e. The second-order valence-electron chi connectivity index (χ2n) is 4.20. The number of aliphatic imine (C=N–C) groups is 2. The van der Waals surface area contributed by atoms with Crippen molar-refractivity contribution >= 4 is 23.3 Å². The number of thiophene rings is 1. The SMILES string of the molecule is CN=C1NC(=NCCc2ccc(C)s2)NC(C)N1. The second kappa shape index (κ2) is 5.86. The first kappa shape index (κ1) is 12.9. The van der Waals surface area contributed by atoms with Gasteiger partial charge in [0.2, 0.25) is 0 Å². The quantitative estimate of drug-likeness (QED) is 0.766. The Hall–Kier alpha value is -1.56. The highest BCUT2D eigenvalue weighted by Crippen LogP contribution is 2.15. The van der Waals surface area contributed by atoms with Crippen LogP contribution in [-0.2, 0) is 6.42 Å². The van der Waals surface area contributed by atoms with Crippen LogP contribution in [0.15, 0.2) is 22.1 Å². The Bertz CT molecular complexity index is 463. The van der Waals surface area contributed by atoms with Gasteiger partial charge in [-0.15, -0.1) is 11.3 Å². The van der Waals surface area contributed by atoms with E-state index in [1.54, 1.807) is 7.05 Å². The Kier molecular flexibility index (Phi) is 4.19. The van der Waals surface area contributed by atoms with Crippen LogP contribution < -0.4 is 16.0 Å². The zero-order valence-electron chi connectivity index (χ0n) is 10.9. The van der Waals surface area contributed by atoms with Gasteiger partial charge in [0.15, 0.2) is 11.9 Å². The lowest BCUT2D eigenvalue weighted by atomic mass is 10.3. The van der Waals surface area contributed by atoms with Gasteiger partial charge in [-0.2, -0.15) is 0 Å². The normalized spacial score (nSPS) is 23.6. The Labute approximate surface area is 111 Å². The molecule has 1 aliphatic heterocycles. The molecule has 0 radical (unpaired) electrons. The van der Waals surface area contributed by atoms with E-state index < -0.39 is 0 Å². The zero-order valence-corrected chi connectivity index (χ0v) is 11.8. The Morgan fingerprint density at radius 3 is 2.72 bits per heavy atom. The van der Waals surface area contributed by atoms with Crippen LogP contribution in [0.3, 0.4) is 0 Å². The molecule has 98 valence electrons. The van der Waals surface area contributed by atoms with Crippen molar-refractivity contribution < 1.29 is 0 Å². The molecule has 1 aromatic heterocycles. The molecule has 0 saturated carbocycles. The van der Waals surface area contributed by atoms with Crippen LogP contribution in [0.25, 0.3) is 0 Å². The standard InChI is InChI=1S/C12H19N5S/c1-8-4-5-10(18-8)6-7-14-12-16-9(2)15-11(13-3)17-12/h4-5,9H,6-7H2,1-3H3,(H3,13,14,15,16,17). The smallest absolute Gasteiger partial charge is 0.199 e. The van der Waals surface area contributed by atoms with Crippen LogP contribution in [0, 0.1) is 6.92 Å². The Balaban J connectivity index is 1.88. The van der Waals surface area contributed by atoms with Crippen molar-refractivity contribution in [3.8, 4) is 0 Å². The van der Waals surface area contributed by atoms with E-state index in [1.807, 2.05) is 18.3 Å². The van der Waals surface area contributed by atoms with E-state index in [9.17, 15) is 0 Å². The monoisotopic (exact) mass is 265 g/mol. The third-order valence-corrected chi connectivity index (χ3v) is 3.65. The summed E-state index contributed by atoms with van der Waals surface area (Å²) in [7, 11) is 1.75. The van der Waals surface area contributed by atoms with E-state index in [-0.39, 0.29) is 6.17 Å². The van der Waals surface area contributed by atoms with Gasteiger partial charge < -0.3 is 10.6 Å². The van der Waals surface area contributed by atoms with Gasteiger partial charge >= 0.3 is 0 Å². The molecule has 2 heterocycles. The maximum Gasteiger partial charge on any atom is 0.199 e. The van der Waals surface area contributed by atoms with E-state index in [0.717, 1.165) is 24.9 Å². The zero-order chi connectivity index (χ0) is 13.0. The maximum atomic E-state index is 4.52. The summed E-state index contributed by atoms with van der Waals surface area (Å²) in [6.07, 6.45) is 1.12. The summed E-state index contributed by atoms with van der Waals surface area (Å²) in [4.78, 5) is 11.3. The van der Waals surface area contributed by atoms with E-state index in [0.29, 0.717) is 0 Å². The van der Waals surface area contributed by atoms with Gasteiger partial charge in [0.05, 0.1) is 6.17 Å². The van der Waals surface area contributed by atoms with Crippen molar-refractivity contribution in [3.05, 3.63) is 21.9 Å². The fraction of sp³-hybridized carbons (Fsp3) is 0.500. The van der Waals surface area contributed by atoms with Gasteiger partial charge in [-0.25, -0.2) is 0 Å². The highest BCUT2D eigenvalue weighted by Gasteiger charge is 2.14. The van der Waals surface area contributed by atoms with Gasteiger partial charge in [0, 0.05) is 29.8 Å². The van der Waals surface area contributed by atoms with Crippen molar-refractivity contribution in [2.75, 3.05) is 13.6 Å². The molecule has 1 atom stereocenters. The van der Waals surface area contributed by atoms with Crippen LogP contribution in [0.2, 0.25) is 0 Å². The van der Waals surface area contributed by atoms with E-state index in [1.165, 1.54) is 9.75 Å². The van der Waals surface area contributed by atoms with Gasteiger partial charge in [-0.3, -0.25) is 15.3 Å². The predicted octanol–water partition coefficient (Wildman–Crippen LogP) is 1.07. The molecule has 1 aromatic rings. The predicted molar refractivity (Wildman–Crippen MR) is 77.3 cm³/mol. The van der Waals surface area contributed by atoms with Crippen LogP contribution in [0.4, 0.5) is 0 Å². The van der Waals surface area contributed by atoms with Crippen molar-refractivity contribution in [1.29, 1.82) is 0 Å². The molecule has 2 rings (SSSR count). The topological polar surface area (TPSA) is 60.8 Å². The number of hydrogen-bond donors (Lipinski definition) is 3. The number of rotatable bonds is 3. The molecule has 0 spiro atoms. The Morgan fingerprint density at radius 1 is 1.28 bits per heavy atom. The molecule has 18 heavy (non-hydrogen) atoms. The molecular weight excluding hydrogens is 246 g/mol. The van der Waals surface area contributed by atoms with E-state index in [4.69, 9.17) is 0 Å². The minimum absolute atomic E-state index is 0.146. The summed E-state index contributed by atoms with van der Waals surface area (Å²) in [5.74, 6) is 1.54. The molecule has 1 aliphatic rings. The summed E-state index contributed by atoms with van der Waals surface area (Å²) in [6, 6.07) is 4.32. The van der Waals surface area contributed by atoms with Crippen molar-refractivity contribution in [2.24, 2.45) is 9.98 Å². The lowest BCUT2D eigenvalue weighted by Gasteiger charge is -2.27. The number of nitrogens with zero attached hydrogens (tertiary/aromatic N) is 2. The molecule has 1 fully saturated rings. The van der Waals surface area contributed by atoms with Crippen LogP contribution in [0.5, 0.6) is 0 Å². The van der Waals surface area contributed by atoms with E-state index >= 15 is 0 Å². The molecule has 1 saturated heterocycles. The fourth-order valence-electron chi connectivity index (χ4n) is 1.73. The highest BCUT2D eigenvalue weighted by atomic mass is 32.1. The number of nitrogens with one attached hydrogen (secondary N) is 3. The average molecular weight is 265 g/mol. The Morgan fingerprint density at radius 2 is 2.06 bits per heavy atom. The largest absolute Gasteiger partial charge is 0.336 e. The van der Waals surface area contributed by atoms with Crippen LogP contribution in [-0.4, -0.2) is 31.7 Å². The molecule has 0 amide bonds. The summed E-state index contributed by atoms with van der Waals surface area (Å²) >= 11 is 1.83. The number of hydrogen-bond acceptors (Lipinski definition) is 3. The lowest BCUT2D eigenvalue weighted by Crippen LogP contribution is -2.61. The van der Waals surface area contributed by atoms with Gasteiger partial charge in [0.25, 0.3) is 0 Å².